The van der Waals surface area contributed by atoms with Gasteiger partial charge in [0.05, 0.1) is 6.61 Å². The van der Waals surface area contributed by atoms with Crippen molar-refractivity contribution in [3.05, 3.63) is 0 Å². The van der Waals surface area contributed by atoms with Gasteiger partial charge in [0.2, 0.25) is 0 Å². The molecule has 1 unspecified atom stereocenters. The molecule has 0 saturated carbocycles. The van der Waals surface area contributed by atoms with Crippen LogP contribution in [0.25, 0.3) is 0 Å². The molecule has 0 aliphatic carbocycles. The predicted molar refractivity (Wildman–Crippen MR) is 31.3 cm³/mol. The van der Waals surface area contributed by atoms with Crippen molar-refractivity contribution in [2.75, 3.05) is 12.4 Å². The molecule has 9 heteroatoms. The zero-order chi connectivity index (χ0) is 8.20. The van der Waals surface area contributed by atoms with Gasteiger partial charge in [-0.25, -0.2) is 4.18 Å². The van der Waals surface area contributed by atoms with Crippen LogP contribution in [0.15, 0.2) is 0 Å². The summed E-state index contributed by atoms with van der Waals surface area (Å²) in [5.41, 5.74) is 0. The fraction of sp³-hybridized carbons (Fsp3) is 1.00. The Hall–Kier alpha value is 0.499. The molecule has 0 aromatic rings. The van der Waals surface area contributed by atoms with Gasteiger partial charge in [-0.2, -0.15) is 8.42 Å². The maximum atomic E-state index is 9.75. The predicted octanol–water partition coefficient (Wildman–Crippen LogP) is -1.32. The van der Waals surface area contributed by atoms with Crippen molar-refractivity contribution in [3.8, 4) is 0 Å². The minimum atomic E-state index is -4.49. The van der Waals surface area contributed by atoms with Crippen LogP contribution in [0.5, 0.6) is 0 Å². The summed E-state index contributed by atoms with van der Waals surface area (Å²) >= 11 is -2.35. The van der Waals surface area contributed by atoms with Crippen LogP contribution in [0.4, 0.5) is 0 Å². The topological polar surface area (TPSA) is 104 Å². The molecule has 0 aliphatic heterocycles. The van der Waals surface area contributed by atoms with Gasteiger partial charge in [0.15, 0.2) is 0 Å². The first-order chi connectivity index (χ1) is 4.42. The normalized spacial score (nSPS) is 13.6. The molecule has 0 aliphatic rings. The van der Waals surface area contributed by atoms with Crippen molar-refractivity contribution in [3.63, 3.8) is 0 Å². The smallest absolute Gasteiger partial charge is 0.772 e. The minimum Gasteiger partial charge on any atom is -0.772 e. The fourth-order valence-corrected chi connectivity index (χ4v) is 0.826. The van der Waals surface area contributed by atoms with Crippen LogP contribution in [-0.2, 0) is 42.7 Å². The van der Waals surface area contributed by atoms with E-state index in [-0.39, 0.29) is 17.1 Å². The first kappa shape index (κ1) is 14.0. The van der Waals surface area contributed by atoms with Gasteiger partial charge in [-0.1, -0.05) is 11.1 Å². The molecule has 0 fully saturated rings. The Kier molecular flexibility index (Phi) is 7.74. The largest absolute Gasteiger partial charge is 1.00 e. The Labute approximate surface area is 77.0 Å². The van der Waals surface area contributed by atoms with Crippen molar-refractivity contribution in [2.24, 2.45) is 0 Å². The van der Waals surface area contributed by atoms with Crippen molar-refractivity contribution in [1.29, 1.82) is 0 Å². The van der Waals surface area contributed by atoms with Gasteiger partial charge in [-0.3, -0.25) is 8.76 Å². The van der Waals surface area contributed by atoms with E-state index >= 15 is 0 Å². The third-order valence-electron chi connectivity index (χ3n) is 0.482. The van der Waals surface area contributed by atoms with Gasteiger partial charge in [0.25, 0.3) is 0 Å². The molecule has 0 aromatic carbocycles. The van der Waals surface area contributed by atoms with Gasteiger partial charge in [-0.15, -0.1) is 0 Å². The Morgan fingerprint density at radius 2 is 2.00 bits per heavy atom. The van der Waals surface area contributed by atoms with Crippen molar-refractivity contribution < 1.29 is 43.0 Å². The molecule has 72 valence electrons. The zero-order valence-corrected chi connectivity index (χ0v) is 7.60. The van der Waals surface area contributed by atoms with Crippen molar-refractivity contribution >= 4 is 21.5 Å². The molecule has 0 rings (SSSR count). The summed E-state index contributed by atoms with van der Waals surface area (Å²) in [6.45, 7) is -0.561. The second-order valence-electron chi connectivity index (χ2n) is 1.26. The van der Waals surface area contributed by atoms with Gasteiger partial charge >= 0.3 is 27.5 Å². The molecule has 1 N–H and O–H groups in total. The molecule has 1 atom stereocenters. The van der Waals surface area contributed by atoms with Gasteiger partial charge in [0, 0.05) is 5.75 Å². The number of hydrogen-bond donors (Lipinski definition) is 1. The maximum Gasteiger partial charge on any atom is 1.00 e. The minimum absolute atomic E-state index is 0. The number of hydrogen-bond acceptors (Lipinski definition) is 5. The van der Waals surface area contributed by atoms with E-state index in [0.717, 1.165) is 0 Å². The first-order valence-corrected chi connectivity index (χ1v) is 4.70. The third kappa shape index (κ3) is 13.5. The molecule has 11 heavy (non-hydrogen) atoms. The van der Waals surface area contributed by atoms with Crippen LogP contribution in [0.2, 0.25) is 0 Å². The summed E-state index contributed by atoms with van der Waals surface area (Å²) in [5.74, 6) is -0.459. The summed E-state index contributed by atoms with van der Waals surface area (Å²) in [6, 6.07) is 0. The van der Waals surface area contributed by atoms with Crippen LogP contribution in [0.1, 0.15) is 0 Å². The molecular formula is C2H5CuO6S2. The third-order valence-corrected chi connectivity index (χ3v) is 1.45. The second-order valence-corrected chi connectivity index (χ2v) is 3.36. The molecule has 0 bridgehead atoms. The van der Waals surface area contributed by atoms with Crippen LogP contribution < -0.4 is 0 Å². The summed E-state index contributed by atoms with van der Waals surface area (Å²) in [5, 5.41) is 0. The molecule has 0 saturated heterocycles. The van der Waals surface area contributed by atoms with Gasteiger partial charge in [0.1, 0.15) is 0 Å². The Morgan fingerprint density at radius 1 is 1.55 bits per heavy atom. The Balaban J connectivity index is 0. The summed E-state index contributed by atoms with van der Waals surface area (Å²) < 4.78 is 50.5. The van der Waals surface area contributed by atoms with E-state index in [2.05, 4.69) is 4.18 Å². The van der Waals surface area contributed by atoms with E-state index in [1.807, 2.05) is 0 Å². The van der Waals surface area contributed by atoms with Gasteiger partial charge in [-0.05, 0) is 0 Å². The fourth-order valence-electron chi connectivity index (χ4n) is 0.207. The molecular weight excluding hydrogens is 248 g/mol. The van der Waals surface area contributed by atoms with E-state index < -0.39 is 33.8 Å². The van der Waals surface area contributed by atoms with Gasteiger partial charge < -0.3 is 4.55 Å². The SMILES string of the molecule is O=S([O-])CCOS(=O)(=O)O.[Cu+]. The number of rotatable bonds is 4. The zero-order valence-electron chi connectivity index (χ0n) is 5.02. The first-order valence-electron chi connectivity index (χ1n) is 2.09. The average molecular weight is 253 g/mol. The van der Waals surface area contributed by atoms with E-state index in [1.54, 1.807) is 0 Å². The van der Waals surface area contributed by atoms with Crippen molar-refractivity contribution in [2.45, 2.75) is 0 Å². The Morgan fingerprint density at radius 3 is 2.27 bits per heavy atom. The van der Waals surface area contributed by atoms with Crippen LogP contribution in [0.3, 0.4) is 0 Å². The quantitative estimate of drug-likeness (QED) is 0.378. The molecule has 0 aromatic heterocycles. The van der Waals surface area contributed by atoms with Crippen molar-refractivity contribution in [1.82, 2.24) is 0 Å². The molecule has 0 amide bonds. The van der Waals surface area contributed by atoms with E-state index in [4.69, 9.17) is 4.55 Å². The molecule has 0 radical (unpaired) electrons. The van der Waals surface area contributed by atoms with E-state index in [1.165, 1.54) is 0 Å². The van der Waals surface area contributed by atoms with E-state index in [0.29, 0.717) is 0 Å². The van der Waals surface area contributed by atoms with E-state index in [9.17, 15) is 17.2 Å². The summed E-state index contributed by atoms with van der Waals surface area (Å²) in [4.78, 5) is 0. The molecule has 6 nitrogen and oxygen atoms in total. The van der Waals surface area contributed by atoms with Crippen LogP contribution in [0, 0.1) is 0 Å². The summed E-state index contributed by atoms with van der Waals surface area (Å²) in [6.07, 6.45) is 0. The van der Waals surface area contributed by atoms with Crippen LogP contribution >= 0.6 is 0 Å². The maximum absolute atomic E-state index is 9.75. The molecule has 0 heterocycles. The van der Waals surface area contributed by atoms with Crippen LogP contribution in [-0.4, -0.2) is 34.1 Å². The summed E-state index contributed by atoms with van der Waals surface area (Å²) in [7, 11) is -4.49. The average Bonchev–Trinajstić information content (AvgIpc) is 1.59. The second kappa shape index (κ2) is 6.06. The standard InChI is InChI=1S/C2H6O6S2.Cu/c3-9(4)2-1-8-10(5,6)7;/h1-2H2,(H,3,4)(H,5,6,7);/q;+1/p-1. The molecule has 0 spiro atoms. The monoisotopic (exact) mass is 252 g/mol. The Bertz CT molecular complexity index is 209.